The summed E-state index contributed by atoms with van der Waals surface area (Å²) in [5.41, 5.74) is 5.43. The Kier molecular flexibility index (Phi) is 5.18. The molecule has 3 heteroatoms. The van der Waals surface area contributed by atoms with E-state index in [1.54, 1.807) is 0 Å². The average molecular weight is 127 g/mol. The summed E-state index contributed by atoms with van der Waals surface area (Å²) in [6.45, 7) is 3.47. The minimum atomic E-state index is 0.184. The van der Waals surface area contributed by atoms with Crippen molar-refractivity contribution in [3.05, 3.63) is 0 Å². The van der Waals surface area contributed by atoms with Gasteiger partial charge in [0.1, 0.15) is 0 Å². The van der Waals surface area contributed by atoms with Gasteiger partial charge in [-0.15, -0.1) is 0 Å². The molecule has 0 aromatic carbocycles. The molecule has 3 nitrogen and oxygen atoms in total. The number of nitriles is 1. The van der Waals surface area contributed by atoms with Crippen molar-refractivity contribution in [2.75, 3.05) is 13.1 Å². The summed E-state index contributed by atoms with van der Waals surface area (Å²) in [5.74, 6) is 0. The lowest BCUT2D eigenvalue weighted by Crippen LogP contribution is -2.31. The van der Waals surface area contributed by atoms with Gasteiger partial charge >= 0.3 is 0 Å². The van der Waals surface area contributed by atoms with Crippen molar-refractivity contribution in [2.24, 2.45) is 5.73 Å². The lowest BCUT2D eigenvalue weighted by Gasteiger charge is -2.03. The summed E-state index contributed by atoms with van der Waals surface area (Å²) in [4.78, 5) is 0. The highest BCUT2D eigenvalue weighted by Crippen LogP contribution is 1.72. The number of nitrogens with one attached hydrogen (secondary N) is 1. The molecule has 0 radical (unpaired) electrons. The van der Waals surface area contributed by atoms with E-state index in [1.165, 1.54) is 0 Å². The van der Waals surface area contributed by atoms with Gasteiger partial charge in [0, 0.05) is 25.6 Å². The maximum Gasteiger partial charge on any atom is 0.0635 e. The monoisotopic (exact) mass is 127 g/mol. The smallest absolute Gasteiger partial charge is 0.0635 e. The van der Waals surface area contributed by atoms with E-state index in [1.807, 2.05) is 13.0 Å². The van der Waals surface area contributed by atoms with Crippen LogP contribution in [-0.2, 0) is 0 Å². The molecular formula is C6H13N3. The van der Waals surface area contributed by atoms with Crippen LogP contribution in [0.4, 0.5) is 0 Å². The first-order valence-electron chi connectivity index (χ1n) is 3.10. The molecule has 0 bridgehead atoms. The van der Waals surface area contributed by atoms with Crippen LogP contribution < -0.4 is 11.1 Å². The fourth-order valence-corrected chi connectivity index (χ4v) is 0.474. The highest BCUT2D eigenvalue weighted by Gasteiger charge is 1.90. The first kappa shape index (κ1) is 8.41. The molecule has 0 saturated carbocycles. The predicted molar refractivity (Wildman–Crippen MR) is 36.7 cm³/mol. The van der Waals surface area contributed by atoms with Crippen LogP contribution in [-0.4, -0.2) is 19.1 Å². The van der Waals surface area contributed by atoms with Crippen molar-refractivity contribution in [3.63, 3.8) is 0 Å². The number of rotatable bonds is 4. The van der Waals surface area contributed by atoms with Crippen molar-refractivity contribution in [1.29, 1.82) is 5.26 Å². The van der Waals surface area contributed by atoms with Crippen LogP contribution in [0.15, 0.2) is 0 Å². The number of hydrogen-bond acceptors (Lipinski definition) is 3. The van der Waals surface area contributed by atoms with Gasteiger partial charge in [-0.3, -0.25) is 0 Å². The minimum absolute atomic E-state index is 0.184. The standard InChI is InChI=1S/C6H13N3/c1-6(8)5-9-4-2-3-7/h6,9H,2,4-5,8H2,1H3. The Bertz CT molecular complexity index is 93.0. The molecule has 0 spiro atoms. The molecule has 0 fully saturated rings. The number of nitrogens with two attached hydrogens (primary N) is 1. The molecule has 0 rings (SSSR count). The second kappa shape index (κ2) is 5.54. The molecule has 0 aromatic rings. The fraction of sp³-hybridized carbons (Fsp3) is 0.833. The van der Waals surface area contributed by atoms with Crippen LogP contribution in [0, 0.1) is 11.3 Å². The van der Waals surface area contributed by atoms with Crippen molar-refractivity contribution < 1.29 is 0 Å². The van der Waals surface area contributed by atoms with Crippen molar-refractivity contribution in [1.82, 2.24) is 5.32 Å². The number of hydrogen-bond donors (Lipinski definition) is 2. The summed E-state index contributed by atoms with van der Waals surface area (Å²) >= 11 is 0. The molecule has 0 aliphatic carbocycles. The summed E-state index contributed by atoms with van der Waals surface area (Å²) in [5, 5.41) is 11.1. The van der Waals surface area contributed by atoms with Crippen LogP contribution in [0.2, 0.25) is 0 Å². The predicted octanol–water partition coefficient (Wildman–Crippen LogP) is -0.163. The van der Waals surface area contributed by atoms with E-state index in [4.69, 9.17) is 11.0 Å². The zero-order chi connectivity index (χ0) is 7.11. The second-order valence-electron chi connectivity index (χ2n) is 2.09. The Morgan fingerprint density at radius 1 is 1.78 bits per heavy atom. The molecule has 9 heavy (non-hydrogen) atoms. The summed E-state index contributed by atoms with van der Waals surface area (Å²) in [7, 11) is 0. The number of nitrogens with zero attached hydrogens (tertiary/aromatic N) is 1. The first-order valence-corrected chi connectivity index (χ1v) is 3.10. The molecule has 52 valence electrons. The van der Waals surface area contributed by atoms with Gasteiger partial charge in [-0.05, 0) is 6.92 Å². The zero-order valence-corrected chi connectivity index (χ0v) is 5.72. The van der Waals surface area contributed by atoms with Crippen molar-refractivity contribution >= 4 is 0 Å². The van der Waals surface area contributed by atoms with Gasteiger partial charge in [0.05, 0.1) is 6.07 Å². The fourth-order valence-electron chi connectivity index (χ4n) is 0.474. The van der Waals surface area contributed by atoms with Crippen LogP contribution >= 0.6 is 0 Å². The van der Waals surface area contributed by atoms with Crippen LogP contribution in [0.25, 0.3) is 0 Å². The highest BCUT2D eigenvalue weighted by atomic mass is 14.9. The second-order valence-corrected chi connectivity index (χ2v) is 2.09. The SMILES string of the molecule is CC(N)CNCCC#N. The third kappa shape index (κ3) is 7.41. The Morgan fingerprint density at radius 2 is 2.44 bits per heavy atom. The topological polar surface area (TPSA) is 61.8 Å². The third-order valence-electron chi connectivity index (χ3n) is 0.880. The Hall–Kier alpha value is -0.590. The van der Waals surface area contributed by atoms with E-state index in [9.17, 15) is 0 Å². The van der Waals surface area contributed by atoms with E-state index in [2.05, 4.69) is 5.32 Å². The normalized spacial score (nSPS) is 12.6. The molecule has 0 aromatic heterocycles. The summed E-state index contributed by atoms with van der Waals surface area (Å²) < 4.78 is 0. The van der Waals surface area contributed by atoms with Gasteiger partial charge in [-0.1, -0.05) is 0 Å². The van der Waals surface area contributed by atoms with Gasteiger partial charge < -0.3 is 11.1 Å². The largest absolute Gasteiger partial charge is 0.327 e. The minimum Gasteiger partial charge on any atom is -0.327 e. The zero-order valence-electron chi connectivity index (χ0n) is 5.72. The quantitative estimate of drug-likeness (QED) is 0.516. The maximum absolute atomic E-state index is 8.11. The van der Waals surface area contributed by atoms with E-state index >= 15 is 0 Å². The van der Waals surface area contributed by atoms with E-state index in [0.29, 0.717) is 6.42 Å². The van der Waals surface area contributed by atoms with Gasteiger partial charge in [0.15, 0.2) is 0 Å². The van der Waals surface area contributed by atoms with Crippen molar-refractivity contribution in [2.45, 2.75) is 19.4 Å². The van der Waals surface area contributed by atoms with Crippen LogP contribution in [0.5, 0.6) is 0 Å². The maximum atomic E-state index is 8.11. The molecule has 1 unspecified atom stereocenters. The van der Waals surface area contributed by atoms with E-state index in [0.717, 1.165) is 13.1 Å². The molecule has 0 aliphatic heterocycles. The van der Waals surface area contributed by atoms with E-state index in [-0.39, 0.29) is 6.04 Å². The third-order valence-corrected chi connectivity index (χ3v) is 0.880. The van der Waals surface area contributed by atoms with Crippen LogP contribution in [0.3, 0.4) is 0 Å². The van der Waals surface area contributed by atoms with Crippen molar-refractivity contribution in [3.8, 4) is 6.07 Å². The van der Waals surface area contributed by atoms with Crippen LogP contribution in [0.1, 0.15) is 13.3 Å². The van der Waals surface area contributed by atoms with E-state index < -0.39 is 0 Å². The Morgan fingerprint density at radius 3 is 2.89 bits per heavy atom. The van der Waals surface area contributed by atoms with Gasteiger partial charge in [0.25, 0.3) is 0 Å². The molecule has 3 N–H and O–H groups in total. The molecule has 0 amide bonds. The molecule has 0 saturated heterocycles. The summed E-state index contributed by atoms with van der Waals surface area (Å²) in [6.07, 6.45) is 0.562. The molecular weight excluding hydrogens is 114 g/mol. The molecule has 1 atom stereocenters. The Balaban J connectivity index is 2.85. The average Bonchev–Trinajstić information content (AvgIpc) is 1.80. The lowest BCUT2D eigenvalue weighted by atomic mass is 10.3. The lowest BCUT2D eigenvalue weighted by molar-refractivity contribution is 0.614. The van der Waals surface area contributed by atoms with Gasteiger partial charge in [-0.2, -0.15) is 5.26 Å². The summed E-state index contributed by atoms with van der Waals surface area (Å²) in [6, 6.07) is 2.22. The molecule has 0 heterocycles. The van der Waals surface area contributed by atoms with Gasteiger partial charge in [-0.25, -0.2) is 0 Å². The Labute approximate surface area is 55.8 Å². The molecule has 0 aliphatic rings. The van der Waals surface area contributed by atoms with Gasteiger partial charge in [0.2, 0.25) is 0 Å². The highest BCUT2D eigenvalue weighted by molar-refractivity contribution is 4.70. The first-order chi connectivity index (χ1) is 4.27.